The molecule has 8 nitrogen and oxygen atoms in total. The van der Waals surface area contributed by atoms with Gasteiger partial charge in [-0.15, -0.1) is 0 Å². The molecular weight excluding hydrogens is 284 g/mol. The summed E-state index contributed by atoms with van der Waals surface area (Å²) in [7, 11) is -3.63. The number of primary amides is 1. The molecule has 0 aromatic carbocycles. The van der Waals surface area contributed by atoms with Crippen LogP contribution in [0.2, 0.25) is 0 Å². The molecule has 0 bridgehead atoms. The van der Waals surface area contributed by atoms with Gasteiger partial charge in [0.05, 0.1) is 11.5 Å². The quantitative estimate of drug-likeness (QED) is 0.518. The Morgan fingerprint density at radius 2 is 2.25 bits per heavy atom. The summed E-state index contributed by atoms with van der Waals surface area (Å²) >= 11 is 0. The molecule has 0 spiro atoms. The lowest BCUT2D eigenvalue weighted by Gasteiger charge is -2.08. The summed E-state index contributed by atoms with van der Waals surface area (Å²) in [6.45, 7) is 2.41. The van der Waals surface area contributed by atoms with E-state index in [1.165, 1.54) is 18.3 Å². The van der Waals surface area contributed by atoms with Crippen molar-refractivity contribution in [1.82, 2.24) is 9.71 Å². The van der Waals surface area contributed by atoms with Gasteiger partial charge in [0.2, 0.25) is 15.9 Å². The Labute approximate surface area is 117 Å². The Morgan fingerprint density at radius 1 is 1.50 bits per heavy atom. The van der Waals surface area contributed by atoms with Crippen LogP contribution in [0.5, 0.6) is 0 Å². The van der Waals surface area contributed by atoms with Gasteiger partial charge < -0.3 is 15.8 Å². The number of nitrogens with two attached hydrogens (primary N) is 1. The molecule has 1 aromatic rings. The van der Waals surface area contributed by atoms with E-state index in [9.17, 15) is 13.2 Å². The normalized spacial score (nSPS) is 11.2. The first-order chi connectivity index (χ1) is 9.45. The monoisotopic (exact) mass is 302 g/mol. The molecule has 112 valence electrons. The van der Waals surface area contributed by atoms with Crippen molar-refractivity contribution in [2.45, 2.75) is 11.8 Å². The van der Waals surface area contributed by atoms with Crippen LogP contribution >= 0.6 is 0 Å². The number of ether oxygens (including phenoxy) is 1. The number of sulfonamides is 1. The average Bonchev–Trinajstić information content (AvgIpc) is 2.38. The molecule has 20 heavy (non-hydrogen) atoms. The molecule has 0 radical (unpaired) electrons. The summed E-state index contributed by atoms with van der Waals surface area (Å²) in [5, 5.41) is 2.93. The SMILES string of the molecule is CCNc1cc(S(=O)(=O)NCCOCC(N)=O)ccn1. The van der Waals surface area contributed by atoms with Crippen molar-refractivity contribution in [1.29, 1.82) is 0 Å². The second-order valence-corrected chi connectivity index (χ2v) is 5.59. The Balaban J connectivity index is 2.55. The van der Waals surface area contributed by atoms with Crippen molar-refractivity contribution in [3.63, 3.8) is 0 Å². The number of rotatable bonds is 9. The van der Waals surface area contributed by atoms with E-state index in [-0.39, 0.29) is 24.7 Å². The number of aromatic nitrogens is 1. The zero-order valence-electron chi connectivity index (χ0n) is 11.1. The zero-order valence-corrected chi connectivity index (χ0v) is 11.9. The van der Waals surface area contributed by atoms with E-state index in [2.05, 4.69) is 15.0 Å². The van der Waals surface area contributed by atoms with Crippen LogP contribution in [-0.4, -0.2) is 45.6 Å². The summed E-state index contributed by atoms with van der Waals surface area (Å²) in [4.78, 5) is 14.5. The number of pyridine rings is 1. The fraction of sp³-hybridized carbons (Fsp3) is 0.455. The Hall–Kier alpha value is -1.71. The van der Waals surface area contributed by atoms with Gasteiger partial charge in [-0.2, -0.15) is 0 Å². The Kier molecular flexibility index (Phi) is 6.36. The second-order valence-electron chi connectivity index (χ2n) is 3.82. The Morgan fingerprint density at radius 3 is 2.90 bits per heavy atom. The minimum Gasteiger partial charge on any atom is -0.370 e. The van der Waals surface area contributed by atoms with Gasteiger partial charge >= 0.3 is 0 Å². The molecule has 1 aromatic heterocycles. The first kappa shape index (κ1) is 16.3. The molecule has 1 heterocycles. The third-order valence-corrected chi connectivity index (χ3v) is 3.64. The van der Waals surface area contributed by atoms with Crippen LogP contribution < -0.4 is 15.8 Å². The van der Waals surface area contributed by atoms with Crippen LogP contribution in [0.25, 0.3) is 0 Å². The summed E-state index contributed by atoms with van der Waals surface area (Å²) < 4.78 is 31.2. The van der Waals surface area contributed by atoms with E-state index in [0.717, 1.165) is 0 Å². The fourth-order valence-electron chi connectivity index (χ4n) is 1.36. The molecule has 4 N–H and O–H groups in total. The molecule has 0 aliphatic rings. The van der Waals surface area contributed by atoms with Gasteiger partial charge in [0, 0.05) is 25.4 Å². The van der Waals surface area contributed by atoms with Gasteiger partial charge in [-0.1, -0.05) is 0 Å². The predicted molar refractivity (Wildman–Crippen MR) is 73.6 cm³/mol. The molecule has 9 heteroatoms. The summed E-state index contributed by atoms with van der Waals surface area (Å²) in [6, 6.07) is 2.84. The van der Waals surface area contributed by atoms with E-state index >= 15 is 0 Å². The van der Waals surface area contributed by atoms with Crippen LogP contribution in [0.4, 0.5) is 5.82 Å². The highest BCUT2D eigenvalue weighted by Crippen LogP contribution is 2.12. The lowest BCUT2D eigenvalue weighted by molar-refractivity contribution is -0.122. The van der Waals surface area contributed by atoms with Crippen LogP contribution in [0.3, 0.4) is 0 Å². The molecule has 0 unspecified atom stereocenters. The number of hydrogen-bond donors (Lipinski definition) is 3. The maximum absolute atomic E-state index is 12.0. The van der Waals surface area contributed by atoms with E-state index in [0.29, 0.717) is 12.4 Å². The highest BCUT2D eigenvalue weighted by atomic mass is 32.2. The van der Waals surface area contributed by atoms with Crippen LogP contribution in [0.15, 0.2) is 23.2 Å². The first-order valence-corrected chi connectivity index (χ1v) is 7.49. The third-order valence-electron chi connectivity index (χ3n) is 2.18. The number of anilines is 1. The maximum Gasteiger partial charge on any atom is 0.243 e. The summed E-state index contributed by atoms with van der Waals surface area (Å²) in [6.07, 6.45) is 1.41. The van der Waals surface area contributed by atoms with Gasteiger partial charge in [0.1, 0.15) is 12.4 Å². The molecule has 0 aliphatic heterocycles. The number of hydrogen-bond acceptors (Lipinski definition) is 6. The summed E-state index contributed by atoms with van der Waals surface area (Å²) in [5.74, 6) is -0.113. The molecular formula is C11H18N4O4S. The number of nitrogens with one attached hydrogen (secondary N) is 2. The smallest absolute Gasteiger partial charge is 0.243 e. The van der Waals surface area contributed by atoms with E-state index in [4.69, 9.17) is 10.5 Å². The van der Waals surface area contributed by atoms with Crippen molar-refractivity contribution in [3.8, 4) is 0 Å². The van der Waals surface area contributed by atoms with Crippen molar-refractivity contribution < 1.29 is 17.9 Å². The van der Waals surface area contributed by atoms with Gasteiger partial charge in [-0.05, 0) is 13.0 Å². The molecule has 0 saturated heterocycles. The highest BCUT2D eigenvalue weighted by Gasteiger charge is 2.14. The standard InChI is InChI=1S/C11H18N4O4S/c1-2-13-11-7-9(3-4-14-11)20(17,18)15-5-6-19-8-10(12)16/h3-4,7,15H,2,5-6,8H2,1H3,(H2,12,16)(H,13,14). The van der Waals surface area contributed by atoms with E-state index in [1.807, 2.05) is 6.92 Å². The van der Waals surface area contributed by atoms with Gasteiger partial charge in [0.25, 0.3) is 0 Å². The third kappa shape index (κ3) is 5.51. The lowest BCUT2D eigenvalue weighted by atomic mass is 10.4. The van der Waals surface area contributed by atoms with Crippen molar-refractivity contribution in [2.75, 3.05) is 31.6 Å². The van der Waals surface area contributed by atoms with E-state index < -0.39 is 15.9 Å². The van der Waals surface area contributed by atoms with Gasteiger partial charge in [-0.3, -0.25) is 4.79 Å². The topological polar surface area (TPSA) is 123 Å². The lowest BCUT2D eigenvalue weighted by Crippen LogP contribution is -2.29. The predicted octanol–water partition coefficient (Wildman–Crippen LogP) is -0.706. The molecule has 0 fully saturated rings. The first-order valence-electron chi connectivity index (χ1n) is 6.01. The van der Waals surface area contributed by atoms with Gasteiger partial charge in [0.15, 0.2) is 0 Å². The maximum atomic E-state index is 12.0. The highest BCUT2D eigenvalue weighted by molar-refractivity contribution is 7.89. The number of carbonyl (C=O) groups is 1. The molecule has 0 atom stereocenters. The van der Waals surface area contributed by atoms with Crippen LogP contribution in [-0.2, 0) is 19.6 Å². The number of amides is 1. The zero-order chi connectivity index (χ0) is 15.0. The molecule has 0 saturated carbocycles. The van der Waals surface area contributed by atoms with E-state index in [1.54, 1.807) is 0 Å². The molecule has 1 rings (SSSR count). The van der Waals surface area contributed by atoms with Crippen molar-refractivity contribution in [2.24, 2.45) is 5.73 Å². The largest absolute Gasteiger partial charge is 0.370 e. The second kappa shape index (κ2) is 7.78. The summed E-state index contributed by atoms with van der Waals surface area (Å²) in [5.41, 5.74) is 4.88. The average molecular weight is 302 g/mol. The minimum absolute atomic E-state index is 0.0501. The molecule has 0 aliphatic carbocycles. The van der Waals surface area contributed by atoms with Crippen LogP contribution in [0, 0.1) is 0 Å². The number of nitrogens with zero attached hydrogens (tertiary/aromatic N) is 1. The van der Waals surface area contributed by atoms with Crippen molar-refractivity contribution >= 4 is 21.7 Å². The van der Waals surface area contributed by atoms with Gasteiger partial charge in [-0.25, -0.2) is 18.1 Å². The number of carbonyl (C=O) groups excluding carboxylic acids is 1. The molecule has 1 amide bonds. The Bertz CT molecular complexity index is 547. The van der Waals surface area contributed by atoms with Crippen LogP contribution in [0.1, 0.15) is 6.92 Å². The minimum atomic E-state index is -3.63. The van der Waals surface area contributed by atoms with Crippen molar-refractivity contribution in [3.05, 3.63) is 18.3 Å². The fourth-order valence-corrected chi connectivity index (χ4v) is 2.39.